The van der Waals surface area contributed by atoms with Crippen molar-refractivity contribution in [1.82, 2.24) is 5.43 Å². The van der Waals surface area contributed by atoms with Crippen molar-refractivity contribution in [2.75, 3.05) is 0 Å². The van der Waals surface area contributed by atoms with Gasteiger partial charge in [-0.1, -0.05) is 20.8 Å². The van der Waals surface area contributed by atoms with E-state index in [4.69, 9.17) is 0 Å². The van der Waals surface area contributed by atoms with Gasteiger partial charge in [-0.05, 0) is 55.6 Å². The summed E-state index contributed by atoms with van der Waals surface area (Å²) in [6, 6.07) is 2.05. The van der Waals surface area contributed by atoms with Crippen LogP contribution in [0.25, 0.3) is 0 Å². The van der Waals surface area contributed by atoms with Crippen LogP contribution in [0.1, 0.15) is 60.1 Å². The number of carbonyl (C=O) groups is 1. The zero-order valence-electron chi connectivity index (χ0n) is 12.6. The van der Waals surface area contributed by atoms with Gasteiger partial charge in [0.25, 0.3) is 5.91 Å². The van der Waals surface area contributed by atoms with E-state index in [0.29, 0.717) is 5.92 Å². The maximum Gasteiger partial charge on any atom is 0.281 e. The summed E-state index contributed by atoms with van der Waals surface area (Å²) in [6.07, 6.45) is 7.43. The second-order valence-corrected chi connectivity index (χ2v) is 6.84. The van der Waals surface area contributed by atoms with E-state index in [1.54, 1.807) is 11.3 Å². The number of thiophene rings is 1. The van der Waals surface area contributed by atoms with Gasteiger partial charge in [-0.2, -0.15) is 5.10 Å². The van der Waals surface area contributed by atoms with Gasteiger partial charge in [-0.25, -0.2) is 5.43 Å². The SMILES string of the molecule is CCC(/C=N\NC(=O)c1cc2c(s1)CC[C@H](C)C2)CC. The van der Waals surface area contributed by atoms with Crippen LogP contribution in [0.15, 0.2) is 11.2 Å². The van der Waals surface area contributed by atoms with E-state index in [1.807, 2.05) is 6.21 Å². The molecule has 1 aliphatic carbocycles. The first-order valence-electron chi connectivity index (χ1n) is 7.59. The molecular formula is C16H24N2OS. The molecule has 1 aromatic heterocycles. The molecule has 1 N–H and O–H groups in total. The lowest BCUT2D eigenvalue weighted by atomic mass is 9.90. The number of carbonyl (C=O) groups excluding carboxylic acids is 1. The number of hydrogen-bond acceptors (Lipinski definition) is 3. The fraction of sp³-hybridized carbons (Fsp3) is 0.625. The number of rotatable bonds is 5. The van der Waals surface area contributed by atoms with Crippen molar-refractivity contribution in [1.29, 1.82) is 0 Å². The van der Waals surface area contributed by atoms with Gasteiger partial charge < -0.3 is 0 Å². The Bertz CT molecular complexity index is 489. The molecular weight excluding hydrogens is 268 g/mol. The number of nitrogens with one attached hydrogen (secondary N) is 1. The van der Waals surface area contributed by atoms with Crippen LogP contribution in [0.3, 0.4) is 0 Å². The Kier molecular flexibility index (Phi) is 5.35. The molecule has 0 aliphatic heterocycles. The first kappa shape index (κ1) is 15.2. The number of aryl methyl sites for hydroxylation is 1. The highest BCUT2D eigenvalue weighted by Crippen LogP contribution is 2.32. The van der Waals surface area contributed by atoms with Gasteiger partial charge in [0.15, 0.2) is 0 Å². The summed E-state index contributed by atoms with van der Waals surface area (Å²) in [6.45, 7) is 6.55. The standard InChI is InChI=1S/C16H24N2OS/c1-4-12(5-2)10-17-18-16(19)15-9-13-8-11(3)6-7-14(13)20-15/h9-12H,4-8H2,1-3H3,(H,18,19)/b17-10-/t11-/m0/s1. The fourth-order valence-corrected chi connectivity index (χ4v) is 3.67. The number of amides is 1. The first-order chi connectivity index (χ1) is 9.63. The Morgan fingerprint density at radius 2 is 2.30 bits per heavy atom. The minimum Gasteiger partial charge on any atom is -0.266 e. The minimum atomic E-state index is -0.0701. The maximum absolute atomic E-state index is 12.1. The van der Waals surface area contributed by atoms with E-state index < -0.39 is 0 Å². The lowest BCUT2D eigenvalue weighted by molar-refractivity contribution is 0.0959. The lowest BCUT2D eigenvalue weighted by Gasteiger charge is -2.16. The molecule has 0 unspecified atom stereocenters. The van der Waals surface area contributed by atoms with E-state index in [0.717, 1.165) is 36.5 Å². The van der Waals surface area contributed by atoms with Crippen LogP contribution < -0.4 is 5.43 Å². The van der Waals surface area contributed by atoms with Gasteiger partial charge in [-0.15, -0.1) is 11.3 Å². The van der Waals surface area contributed by atoms with Gasteiger partial charge in [0.1, 0.15) is 0 Å². The Morgan fingerprint density at radius 1 is 1.55 bits per heavy atom. The zero-order chi connectivity index (χ0) is 14.5. The minimum absolute atomic E-state index is 0.0701. The largest absolute Gasteiger partial charge is 0.281 e. The van der Waals surface area contributed by atoms with Crippen LogP contribution >= 0.6 is 11.3 Å². The molecule has 0 bridgehead atoms. The second-order valence-electron chi connectivity index (χ2n) is 5.70. The predicted octanol–water partition coefficient (Wildman–Crippen LogP) is 4.02. The molecule has 1 heterocycles. The normalized spacial score (nSPS) is 18.5. The van der Waals surface area contributed by atoms with Crippen molar-refractivity contribution in [2.24, 2.45) is 16.9 Å². The summed E-state index contributed by atoms with van der Waals surface area (Å²) in [5.74, 6) is 1.12. The summed E-state index contributed by atoms with van der Waals surface area (Å²) in [4.78, 5) is 14.3. The highest BCUT2D eigenvalue weighted by molar-refractivity contribution is 7.14. The third kappa shape index (κ3) is 3.69. The quantitative estimate of drug-likeness (QED) is 0.646. The van der Waals surface area contributed by atoms with Crippen molar-refractivity contribution in [2.45, 2.75) is 52.9 Å². The molecule has 0 aromatic carbocycles. The second kappa shape index (κ2) is 7.02. The molecule has 0 radical (unpaired) electrons. The predicted molar refractivity (Wildman–Crippen MR) is 85.5 cm³/mol. The molecule has 3 nitrogen and oxygen atoms in total. The summed E-state index contributed by atoms with van der Waals surface area (Å²) in [5.41, 5.74) is 4.02. The van der Waals surface area contributed by atoms with Crippen LogP contribution in [0.2, 0.25) is 0 Å². The van der Waals surface area contributed by atoms with Crippen molar-refractivity contribution in [3.05, 3.63) is 21.4 Å². The van der Waals surface area contributed by atoms with Crippen molar-refractivity contribution in [3.8, 4) is 0 Å². The maximum atomic E-state index is 12.1. The van der Waals surface area contributed by atoms with Crippen LogP contribution in [-0.4, -0.2) is 12.1 Å². The average Bonchev–Trinajstić information content (AvgIpc) is 2.86. The molecule has 0 fully saturated rings. The summed E-state index contributed by atoms with van der Waals surface area (Å²) in [7, 11) is 0. The van der Waals surface area contributed by atoms with Crippen molar-refractivity contribution >= 4 is 23.5 Å². The van der Waals surface area contributed by atoms with Crippen LogP contribution in [0.4, 0.5) is 0 Å². The zero-order valence-corrected chi connectivity index (χ0v) is 13.4. The third-order valence-corrected chi connectivity index (χ3v) is 5.29. The van der Waals surface area contributed by atoms with Crippen molar-refractivity contribution < 1.29 is 4.79 Å². The molecule has 1 aliphatic rings. The molecule has 0 spiro atoms. The molecule has 1 amide bonds. The molecule has 2 rings (SSSR count). The van der Waals surface area contributed by atoms with E-state index in [9.17, 15) is 4.79 Å². The summed E-state index contributed by atoms with van der Waals surface area (Å²) in [5, 5.41) is 4.09. The lowest BCUT2D eigenvalue weighted by Crippen LogP contribution is -2.17. The van der Waals surface area contributed by atoms with Gasteiger partial charge in [-0.3, -0.25) is 4.79 Å². The van der Waals surface area contributed by atoms with Gasteiger partial charge >= 0.3 is 0 Å². The number of hydrogen-bond donors (Lipinski definition) is 1. The smallest absolute Gasteiger partial charge is 0.266 e. The van der Waals surface area contributed by atoms with E-state index in [2.05, 4.69) is 37.4 Å². The monoisotopic (exact) mass is 292 g/mol. The fourth-order valence-electron chi connectivity index (χ4n) is 2.57. The van der Waals surface area contributed by atoms with E-state index in [1.165, 1.54) is 16.9 Å². The van der Waals surface area contributed by atoms with Crippen LogP contribution in [0.5, 0.6) is 0 Å². The highest BCUT2D eigenvalue weighted by atomic mass is 32.1. The Morgan fingerprint density at radius 3 is 3.00 bits per heavy atom. The topological polar surface area (TPSA) is 41.5 Å². The first-order valence-corrected chi connectivity index (χ1v) is 8.40. The van der Waals surface area contributed by atoms with Gasteiger partial charge in [0, 0.05) is 11.1 Å². The highest BCUT2D eigenvalue weighted by Gasteiger charge is 2.20. The van der Waals surface area contributed by atoms with Crippen LogP contribution in [0, 0.1) is 11.8 Å². The van der Waals surface area contributed by atoms with Crippen molar-refractivity contribution in [3.63, 3.8) is 0 Å². The molecule has 4 heteroatoms. The van der Waals surface area contributed by atoms with Gasteiger partial charge in [0.2, 0.25) is 0 Å². The van der Waals surface area contributed by atoms with Gasteiger partial charge in [0.05, 0.1) is 4.88 Å². The summed E-state index contributed by atoms with van der Waals surface area (Å²) < 4.78 is 0. The Hall–Kier alpha value is -1.16. The number of nitrogens with zero attached hydrogens (tertiary/aromatic N) is 1. The molecule has 1 atom stereocenters. The molecule has 1 aromatic rings. The molecule has 20 heavy (non-hydrogen) atoms. The van der Waals surface area contributed by atoms with E-state index in [-0.39, 0.29) is 5.91 Å². The Labute approximate surface area is 125 Å². The molecule has 0 saturated carbocycles. The van der Waals surface area contributed by atoms with E-state index >= 15 is 0 Å². The Balaban J connectivity index is 1.96. The summed E-state index contributed by atoms with van der Waals surface area (Å²) >= 11 is 1.63. The number of fused-ring (bicyclic) bond motifs is 1. The third-order valence-electron chi connectivity index (χ3n) is 4.05. The average molecular weight is 292 g/mol. The molecule has 110 valence electrons. The van der Waals surface area contributed by atoms with Crippen LogP contribution in [-0.2, 0) is 12.8 Å². The number of hydrazone groups is 1. The molecule has 0 saturated heterocycles.